The fraction of sp³-hybridized carbons (Fsp3) is 0.533. The number of cyclic esters (lactones) is 1. The van der Waals surface area contributed by atoms with Gasteiger partial charge >= 0.3 is 5.97 Å². The van der Waals surface area contributed by atoms with Crippen molar-refractivity contribution in [2.75, 3.05) is 0 Å². The molecule has 1 heterocycles. The van der Waals surface area contributed by atoms with E-state index in [9.17, 15) is 4.79 Å². The van der Waals surface area contributed by atoms with Gasteiger partial charge in [0.25, 0.3) is 0 Å². The zero-order valence-corrected chi connectivity index (χ0v) is 10.4. The zero-order chi connectivity index (χ0) is 12.4. The third-order valence-electron chi connectivity index (χ3n) is 3.85. The molecular formula is C15H18O3. The molecule has 0 radical (unpaired) electrons. The largest absolute Gasteiger partial charge is 0.433 e. The molecule has 3 heteroatoms. The van der Waals surface area contributed by atoms with Crippen LogP contribution < -0.4 is 0 Å². The van der Waals surface area contributed by atoms with Crippen LogP contribution in [0.4, 0.5) is 0 Å². The normalized spacial score (nSPS) is 29.2. The Morgan fingerprint density at radius 3 is 2.44 bits per heavy atom. The van der Waals surface area contributed by atoms with Gasteiger partial charge in [0.1, 0.15) is 0 Å². The van der Waals surface area contributed by atoms with Crippen molar-refractivity contribution in [2.24, 2.45) is 5.92 Å². The van der Waals surface area contributed by atoms with Gasteiger partial charge in [-0.05, 0) is 18.4 Å². The third-order valence-corrected chi connectivity index (χ3v) is 3.85. The van der Waals surface area contributed by atoms with Crippen LogP contribution in [0.15, 0.2) is 30.3 Å². The summed E-state index contributed by atoms with van der Waals surface area (Å²) in [6.07, 6.45) is 5.09. The van der Waals surface area contributed by atoms with E-state index < -0.39 is 6.10 Å². The number of rotatable bonds is 2. The van der Waals surface area contributed by atoms with E-state index in [0.717, 1.165) is 18.4 Å². The van der Waals surface area contributed by atoms with Crippen molar-refractivity contribution >= 4 is 5.97 Å². The van der Waals surface area contributed by atoms with E-state index in [1.165, 1.54) is 19.3 Å². The number of ether oxygens (including phenoxy) is 2. The maximum Gasteiger partial charge on any atom is 0.342 e. The van der Waals surface area contributed by atoms with Gasteiger partial charge in [-0.3, -0.25) is 0 Å². The molecule has 18 heavy (non-hydrogen) atoms. The standard InChI is InChI=1S/C15H18O3/c16-14-13(11-7-3-1-4-8-11)17-15(18-14)12-9-5-2-6-10-12/h1,3-4,7-8,12-13,15H,2,5-6,9-10H2/t13-,15+/m0/s1. The molecule has 1 aliphatic carbocycles. The van der Waals surface area contributed by atoms with Gasteiger partial charge in [-0.25, -0.2) is 4.79 Å². The summed E-state index contributed by atoms with van der Waals surface area (Å²) < 4.78 is 11.2. The van der Waals surface area contributed by atoms with Crippen molar-refractivity contribution in [3.8, 4) is 0 Å². The fourth-order valence-electron chi connectivity index (χ4n) is 2.85. The molecule has 1 aromatic rings. The van der Waals surface area contributed by atoms with Crippen LogP contribution in [0.2, 0.25) is 0 Å². The molecule has 1 aliphatic heterocycles. The summed E-state index contributed by atoms with van der Waals surface area (Å²) in [6.45, 7) is 0. The van der Waals surface area contributed by atoms with E-state index in [4.69, 9.17) is 9.47 Å². The molecule has 1 aromatic carbocycles. The molecule has 1 saturated carbocycles. The summed E-state index contributed by atoms with van der Waals surface area (Å²) in [5.41, 5.74) is 0.890. The minimum Gasteiger partial charge on any atom is -0.433 e. The summed E-state index contributed by atoms with van der Waals surface area (Å²) in [5, 5.41) is 0. The van der Waals surface area contributed by atoms with E-state index in [2.05, 4.69) is 0 Å². The van der Waals surface area contributed by atoms with Crippen LogP contribution in [0.1, 0.15) is 43.8 Å². The van der Waals surface area contributed by atoms with Crippen LogP contribution in [0.5, 0.6) is 0 Å². The summed E-state index contributed by atoms with van der Waals surface area (Å²) in [4.78, 5) is 11.9. The highest BCUT2D eigenvalue weighted by molar-refractivity contribution is 5.78. The van der Waals surface area contributed by atoms with E-state index in [-0.39, 0.29) is 12.3 Å². The second-order valence-corrected chi connectivity index (χ2v) is 5.13. The smallest absolute Gasteiger partial charge is 0.342 e. The van der Waals surface area contributed by atoms with Gasteiger partial charge in [0.2, 0.25) is 6.29 Å². The highest BCUT2D eigenvalue weighted by atomic mass is 16.8. The van der Waals surface area contributed by atoms with Gasteiger partial charge in [0.05, 0.1) is 0 Å². The molecule has 0 N–H and O–H groups in total. The van der Waals surface area contributed by atoms with E-state index >= 15 is 0 Å². The lowest BCUT2D eigenvalue weighted by atomic mass is 9.89. The molecule has 0 bridgehead atoms. The first-order valence-electron chi connectivity index (χ1n) is 6.75. The predicted molar refractivity (Wildman–Crippen MR) is 66.7 cm³/mol. The van der Waals surface area contributed by atoms with Crippen molar-refractivity contribution in [1.82, 2.24) is 0 Å². The van der Waals surface area contributed by atoms with Crippen molar-refractivity contribution in [2.45, 2.75) is 44.5 Å². The molecule has 2 aliphatic rings. The topological polar surface area (TPSA) is 35.5 Å². The van der Waals surface area contributed by atoms with Crippen molar-refractivity contribution in [3.05, 3.63) is 35.9 Å². The molecule has 0 amide bonds. The van der Waals surface area contributed by atoms with Gasteiger partial charge in [0, 0.05) is 5.92 Å². The summed E-state index contributed by atoms with van der Waals surface area (Å²) >= 11 is 0. The van der Waals surface area contributed by atoms with Crippen LogP contribution in [0, 0.1) is 5.92 Å². The number of carbonyl (C=O) groups is 1. The lowest BCUT2D eigenvalue weighted by molar-refractivity contribution is -0.149. The zero-order valence-electron chi connectivity index (χ0n) is 10.4. The SMILES string of the molecule is O=C1O[C@H](C2CCCCC2)O[C@H]1c1ccccc1. The molecule has 3 rings (SSSR count). The third kappa shape index (κ3) is 2.27. The van der Waals surface area contributed by atoms with Crippen molar-refractivity contribution in [1.29, 1.82) is 0 Å². The van der Waals surface area contributed by atoms with Gasteiger partial charge in [-0.2, -0.15) is 0 Å². The molecule has 0 unspecified atom stereocenters. The van der Waals surface area contributed by atoms with E-state index in [1.807, 2.05) is 30.3 Å². The number of hydrogen-bond donors (Lipinski definition) is 0. The van der Waals surface area contributed by atoms with Crippen molar-refractivity contribution < 1.29 is 14.3 Å². The minimum atomic E-state index is -0.530. The van der Waals surface area contributed by atoms with Crippen LogP contribution in [0.3, 0.4) is 0 Å². The Balaban J connectivity index is 1.70. The molecule has 2 atom stereocenters. The Hall–Kier alpha value is -1.35. The fourth-order valence-corrected chi connectivity index (χ4v) is 2.85. The van der Waals surface area contributed by atoms with Crippen LogP contribution in [-0.2, 0) is 14.3 Å². The quantitative estimate of drug-likeness (QED) is 0.752. The number of carbonyl (C=O) groups excluding carboxylic acids is 1. The van der Waals surface area contributed by atoms with Crippen LogP contribution in [0.25, 0.3) is 0 Å². The number of benzene rings is 1. The molecule has 0 aromatic heterocycles. The van der Waals surface area contributed by atoms with E-state index in [0.29, 0.717) is 5.92 Å². The lowest BCUT2D eigenvalue weighted by Crippen LogP contribution is -2.24. The summed E-state index contributed by atoms with van der Waals surface area (Å²) in [6, 6.07) is 9.59. The Bertz CT molecular complexity index is 409. The van der Waals surface area contributed by atoms with Gasteiger partial charge in [-0.15, -0.1) is 0 Å². The number of esters is 1. The van der Waals surface area contributed by atoms with Gasteiger partial charge in [-0.1, -0.05) is 49.6 Å². The maximum absolute atomic E-state index is 11.9. The first-order valence-corrected chi connectivity index (χ1v) is 6.75. The van der Waals surface area contributed by atoms with Crippen LogP contribution in [-0.4, -0.2) is 12.3 Å². The maximum atomic E-state index is 11.9. The second kappa shape index (κ2) is 5.11. The van der Waals surface area contributed by atoms with Crippen molar-refractivity contribution in [3.63, 3.8) is 0 Å². The predicted octanol–water partition coefficient (Wildman–Crippen LogP) is 3.21. The summed E-state index contributed by atoms with van der Waals surface area (Å²) in [7, 11) is 0. The Morgan fingerprint density at radius 1 is 1.00 bits per heavy atom. The van der Waals surface area contributed by atoms with Crippen LogP contribution >= 0.6 is 0 Å². The van der Waals surface area contributed by atoms with Gasteiger partial charge in [0.15, 0.2) is 6.10 Å². The average Bonchev–Trinajstić information content (AvgIpc) is 2.83. The molecule has 3 nitrogen and oxygen atoms in total. The Morgan fingerprint density at radius 2 is 1.72 bits per heavy atom. The monoisotopic (exact) mass is 246 g/mol. The molecule has 96 valence electrons. The number of hydrogen-bond acceptors (Lipinski definition) is 3. The first kappa shape index (κ1) is 11.7. The molecule has 0 spiro atoms. The first-order chi connectivity index (χ1) is 8.84. The molecular weight excluding hydrogens is 228 g/mol. The average molecular weight is 246 g/mol. The Labute approximate surface area is 107 Å². The Kier molecular flexibility index (Phi) is 3.33. The lowest BCUT2D eigenvalue weighted by Gasteiger charge is -2.25. The summed E-state index contributed by atoms with van der Waals surface area (Å²) in [5.74, 6) is 0.146. The minimum absolute atomic E-state index is 0.239. The highest BCUT2D eigenvalue weighted by Gasteiger charge is 2.40. The van der Waals surface area contributed by atoms with Gasteiger partial charge < -0.3 is 9.47 Å². The molecule has 1 saturated heterocycles. The second-order valence-electron chi connectivity index (χ2n) is 5.13. The molecule has 2 fully saturated rings. The van der Waals surface area contributed by atoms with E-state index in [1.54, 1.807) is 0 Å². The highest BCUT2D eigenvalue weighted by Crippen LogP contribution is 2.36.